The summed E-state index contributed by atoms with van der Waals surface area (Å²) >= 11 is 0. The number of rotatable bonds is 13. The molecule has 0 bridgehead atoms. The zero-order valence-electron chi connectivity index (χ0n) is 31.4. The second kappa shape index (κ2) is 17.0. The van der Waals surface area contributed by atoms with Crippen LogP contribution in [0, 0.1) is 0 Å². The van der Waals surface area contributed by atoms with Gasteiger partial charge in [0.2, 0.25) is 5.88 Å². The van der Waals surface area contributed by atoms with Gasteiger partial charge in [-0.05, 0) is 38.1 Å². The lowest BCUT2D eigenvalue weighted by Gasteiger charge is -2.28. The van der Waals surface area contributed by atoms with E-state index in [4.69, 9.17) is 19.2 Å². The molecule has 1 aromatic heterocycles. The van der Waals surface area contributed by atoms with Crippen LogP contribution in [-0.2, 0) is 27.3 Å². The number of morpholine rings is 3. The van der Waals surface area contributed by atoms with Crippen molar-refractivity contribution in [3.63, 3.8) is 0 Å². The number of likely N-dealkylation sites (tertiary alicyclic amines) is 1. The number of nitrogens with one attached hydrogen (secondary N) is 1. The van der Waals surface area contributed by atoms with Crippen molar-refractivity contribution in [1.29, 1.82) is 0 Å². The molecule has 292 valence electrons. The lowest BCUT2D eigenvalue weighted by atomic mass is 9.89. The zero-order chi connectivity index (χ0) is 37.0. The Morgan fingerprint density at radius 2 is 1.15 bits per heavy atom. The first kappa shape index (κ1) is 37.2. The third kappa shape index (κ3) is 7.72. The summed E-state index contributed by atoms with van der Waals surface area (Å²) in [6, 6.07) is 3.54. The topological polar surface area (TPSA) is 146 Å². The van der Waals surface area contributed by atoms with Crippen LogP contribution in [0.1, 0.15) is 19.3 Å². The van der Waals surface area contributed by atoms with Crippen molar-refractivity contribution in [2.45, 2.75) is 32.4 Å². The molecule has 2 N–H and O–H groups in total. The maximum atomic E-state index is 14.6. The Labute approximate surface area is 314 Å². The van der Waals surface area contributed by atoms with Gasteiger partial charge in [0, 0.05) is 107 Å². The highest BCUT2D eigenvalue weighted by molar-refractivity contribution is 6.18. The molecule has 8 rings (SSSR count). The lowest BCUT2D eigenvalue weighted by Crippen LogP contribution is -2.43. The number of benzene rings is 2. The van der Waals surface area contributed by atoms with Crippen LogP contribution in [0.4, 0.5) is 5.69 Å². The van der Waals surface area contributed by atoms with Crippen LogP contribution < -0.4 is 27.4 Å². The maximum absolute atomic E-state index is 14.6. The highest BCUT2D eigenvalue weighted by atomic mass is 16.5. The van der Waals surface area contributed by atoms with Crippen molar-refractivity contribution in [1.82, 2.24) is 28.7 Å². The summed E-state index contributed by atoms with van der Waals surface area (Å²) in [6.45, 7) is 14.6. The van der Waals surface area contributed by atoms with Gasteiger partial charge >= 0.3 is 0 Å². The fourth-order valence-corrected chi connectivity index (χ4v) is 8.63. The lowest BCUT2D eigenvalue weighted by molar-refractivity contribution is 0.0360. The third-order valence-electron chi connectivity index (χ3n) is 11.8. The Kier molecular flexibility index (Phi) is 11.7. The van der Waals surface area contributed by atoms with Crippen LogP contribution in [0.3, 0.4) is 0 Å². The van der Waals surface area contributed by atoms with E-state index in [1.165, 1.54) is 28.4 Å². The Bertz CT molecular complexity index is 2100. The normalized spacial score (nSPS) is 20.6. The molecule has 1 aliphatic carbocycles. The summed E-state index contributed by atoms with van der Waals surface area (Å²) in [5.74, 6) is -0.169. The van der Waals surface area contributed by atoms with E-state index in [1.54, 1.807) is 6.07 Å². The summed E-state index contributed by atoms with van der Waals surface area (Å²) < 4.78 is 19.4. The molecule has 6 heterocycles. The molecular weight excluding hydrogens is 692 g/mol. The third-order valence-corrected chi connectivity index (χ3v) is 11.8. The first-order valence-electron chi connectivity index (χ1n) is 19.9. The molecule has 5 aliphatic heterocycles. The Balaban J connectivity index is 1.29. The second-order valence-corrected chi connectivity index (χ2v) is 15.0. The molecule has 0 amide bonds. The predicted molar refractivity (Wildman–Crippen MR) is 208 cm³/mol. The number of anilines is 1. The summed E-state index contributed by atoms with van der Waals surface area (Å²) in [6.07, 6.45) is 3.59. The molecule has 1 aromatic carbocycles. The highest BCUT2D eigenvalue weighted by Crippen LogP contribution is 2.40. The number of hydrogen-bond donors (Lipinski definition) is 2. The van der Waals surface area contributed by atoms with Crippen molar-refractivity contribution < 1.29 is 19.3 Å². The molecule has 54 heavy (non-hydrogen) atoms. The smallest absolute Gasteiger partial charge is 0.263 e. The Hall–Kier alpha value is -3.70. The average Bonchev–Trinajstić information content (AvgIpc) is 3.21. The minimum atomic E-state index is -0.407. The van der Waals surface area contributed by atoms with Gasteiger partial charge in [-0.2, -0.15) is 0 Å². The van der Waals surface area contributed by atoms with Crippen molar-refractivity contribution in [2.24, 2.45) is 4.99 Å². The predicted octanol–water partition coefficient (Wildman–Crippen LogP) is 0.158. The SMILES string of the molecule is O=c1c2c(=NCCN3CCOCC3)cc3c(=O)n(CCN4CCOCC4)c(=O)c4c(NCCN5CCCCC5)cc(c(O)n1CCN1CCOCC1)c2c4-3. The van der Waals surface area contributed by atoms with E-state index in [2.05, 4.69) is 24.9 Å². The monoisotopic (exact) mass is 746 g/mol. The van der Waals surface area contributed by atoms with Gasteiger partial charge < -0.3 is 29.5 Å². The maximum Gasteiger partial charge on any atom is 0.263 e. The van der Waals surface area contributed by atoms with Crippen molar-refractivity contribution in [3.05, 3.63) is 48.6 Å². The quantitative estimate of drug-likeness (QED) is 0.180. The fourth-order valence-electron chi connectivity index (χ4n) is 8.63. The van der Waals surface area contributed by atoms with Crippen molar-refractivity contribution in [3.8, 4) is 17.0 Å². The minimum absolute atomic E-state index is 0.169. The summed E-state index contributed by atoms with van der Waals surface area (Å²) in [5, 5.41) is 17.5. The standard InChI is InChI=1S/C39H54N8O7/c48-36-28-26-30(40-4-8-42-6-2-1-3-7-42)34-32-29(37(49)46(38(34)50)12-10-44-16-22-53-23-17-44)27-31(41-5-9-43-14-20-52-21-15-43)35(33(28)32)39(51)47(36)13-11-45-18-24-54-25-19-45/h26-27,40,48H,1-25H2. The number of piperidine rings is 1. The van der Waals surface area contributed by atoms with Crippen LogP contribution >= 0.6 is 0 Å². The molecule has 15 heteroatoms. The molecule has 0 radical (unpaired) electrons. The number of aromatic hydroxyl groups is 1. The number of aromatic nitrogens is 2. The second-order valence-electron chi connectivity index (χ2n) is 15.0. The number of nitrogens with zero attached hydrogens (tertiary/aromatic N) is 7. The minimum Gasteiger partial charge on any atom is -0.494 e. The highest BCUT2D eigenvalue weighted by Gasteiger charge is 2.30. The van der Waals surface area contributed by atoms with Gasteiger partial charge in [0.05, 0.1) is 67.9 Å². The number of pyridine rings is 2. The van der Waals surface area contributed by atoms with Gasteiger partial charge in [-0.25, -0.2) is 0 Å². The fraction of sp³-hybridized carbons (Fsp3) is 0.641. The first-order valence-corrected chi connectivity index (χ1v) is 19.9. The summed E-state index contributed by atoms with van der Waals surface area (Å²) in [7, 11) is 0. The summed E-state index contributed by atoms with van der Waals surface area (Å²) in [4.78, 5) is 57.9. The van der Waals surface area contributed by atoms with Crippen LogP contribution in [0.15, 0.2) is 31.5 Å². The van der Waals surface area contributed by atoms with E-state index in [1.807, 2.05) is 6.07 Å². The van der Waals surface area contributed by atoms with E-state index in [-0.39, 0.29) is 24.5 Å². The Morgan fingerprint density at radius 1 is 0.593 bits per heavy atom. The molecule has 2 aromatic rings. The van der Waals surface area contributed by atoms with E-state index in [0.717, 1.165) is 58.9 Å². The van der Waals surface area contributed by atoms with E-state index < -0.39 is 11.1 Å². The molecular formula is C39H54N8O7. The van der Waals surface area contributed by atoms with Crippen molar-refractivity contribution in [2.75, 3.05) is 137 Å². The van der Waals surface area contributed by atoms with E-state index in [9.17, 15) is 19.5 Å². The van der Waals surface area contributed by atoms with E-state index >= 15 is 0 Å². The first-order chi connectivity index (χ1) is 26.5. The van der Waals surface area contributed by atoms with Crippen LogP contribution in [0.25, 0.3) is 32.7 Å². The zero-order valence-corrected chi connectivity index (χ0v) is 31.4. The van der Waals surface area contributed by atoms with Gasteiger partial charge in [-0.1, -0.05) is 6.42 Å². The number of ether oxygens (including phenoxy) is 3. The molecule has 0 saturated carbocycles. The summed E-state index contributed by atoms with van der Waals surface area (Å²) in [5.41, 5.74) is 0.129. The number of hydrogen-bond acceptors (Lipinski definition) is 13. The molecule has 0 spiro atoms. The molecule has 4 fully saturated rings. The van der Waals surface area contributed by atoms with Crippen LogP contribution in [-0.4, -0.2) is 165 Å². The van der Waals surface area contributed by atoms with Gasteiger partial charge in [0.1, 0.15) is 0 Å². The van der Waals surface area contributed by atoms with Gasteiger partial charge in [-0.15, -0.1) is 0 Å². The van der Waals surface area contributed by atoms with Gasteiger partial charge in [0.25, 0.3) is 16.7 Å². The van der Waals surface area contributed by atoms with E-state index in [0.29, 0.717) is 116 Å². The largest absolute Gasteiger partial charge is 0.494 e. The molecule has 4 saturated heterocycles. The average molecular weight is 747 g/mol. The van der Waals surface area contributed by atoms with Crippen molar-refractivity contribution >= 4 is 27.2 Å². The molecule has 0 unspecified atom stereocenters. The van der Waals surface area contributed by atoms with Gasteiger partial charge in [-0.3, -0.25) is 43.2 Å². The van der Waals surface area contributed by atoms with Crippen LogP contribution in [0.2, 0.25) is 0 Å². The van der Waals surface area contributed by atoms with Gasteiger partial charge in [0.15, 0.2) is 0 Å². The Morgan fingerprint density at radius 3 is 1.78 bits per heavy atom. The molecule has 15 nitrogen and oxygen atoms in total. The molecule has 0 atom stereocenters. The van der Waals surface area contributed by atoms with Crippen LogP contribution in [0.5, 0.6) is 5.88 Å². The molecule has 6 aliphatic rings.